The molecule has 0 fully saturated rings. The van der Waals surface area contributed by atoms with Crippen molar-refractivity contribution >= 4 is 18.4 Å². The van der Waals surface area contributed by atoms with Crippen molar-refractivity contribution in [1.82, 2.24) is 0 Å². The smallest absolute Gasteiger partial charge is 0.325 e. The van der Waals surface area contributed by atoms with Crippen LogP contribution in [0.3, 0.4) is 0 Å². The first-order valence-corrected chi connectivity index (χ1v) is 6.10. The first-order valence-electron chi connectivity index (χ1n) is 6.10. The van der Waals surface area contributed by atoms with E-state index in [1.165, 1.54) is 0 Å². The maximum atomic E-state index is 11.2. The molecule has 0 aromatic heterocycles. The first-order chi connectivity index (χ1) is 7.98. The molecule has 0 aliphatic rings. The van der Waals surface area contributed by atoms with Crippen molar-refractivity contribution in [2.75, 3.05) is 33.0 Å². The highest BCUT2D eigenvalue weighted by Crippen LogP contribution is 1.99. The molecule has 0 aromatic carbocycles. The van der Waals surface area contributed by atoms with Gasteiger partial charge in [0.2, 0.25) is 0 Å². The Labute approximate surface area is 116 Å². The Balaban J connectivity index is 0. The molecular weight excluding hydrogens is 258 g/mol. The molecule has 0 atom stereocenters. The van der Waals surface area contributed by atoms with Crippen LogP contribution < -0.4 is 5.73 Å². The van der Waals surface area contributed by atoms with Crippen molar-refractivity contribution < 1.29 is 19.0 Å². The summed E-state index contributed by atoms with van der Waals surface area (Å²) in [6, 6.07) is 0. The van der Waals surface area contributed by atoms with Gasteiger partial charge in [0.25, 0.3) is 0 Å². The Morgan fingerprint density at radius 1 is 1.06 bits per heavy atom. The van der Waals surface area contributed by atoms with Crippen LogP contribution in [0, 0.1) is 0 Å². The van der Waals surface area contributed by atoms with Crippen LogP contribution in [0.5, 0.6) is 0 Å². The molecule has 0 radical (unpaired) electrons. The number of rotatable bonds is 10. The molecule has 18 heavy (non-hydrogen) atoms. The highest BCUT2D eigenvalue weighted by molar-refractivity contribution is 5.85. The second kappa shape index (κ2) is 11.7. The number of carbonyl (C=O) groups excluding carboxylic acids is 1. The van der Waals surface area contributed by atoms with Gasteiger partial charge in [-0.3, -0.25) is 4.79 Å². The van der Waals surface area contributed by atoms with Gasteiger partial charge in [-0.05, 0) is 20.3 Å². The molecule has 0 aromatic rings. The number of nitrogens with two attached hydrogens (primary N) is 1. The molecule has 0 saturated heterocycles. The summed E-state index contributed by atoms with van der Waals surface area (Å²) in [6.45, 7) is 7.82. The van der Waals surface area contributed by atoms with Crippen molar-refractivity contribution in [3.63, 3.8) is 0 Å². The number of esters is 1. The molecule has 110 valence electrons. The molecular formula is C12H26ClNO4. The predicted octanol–water partition coefficient (Wildman–Crippen LogP) is 1.52. The molecule has 0 aliphatic heterocycles. The van der Waals surface area contributed by atoms with Gasteiger partial charge in [-0.25, -0.2) is 0 Å². The van der Waals surface area contributed by atoms with Gasteiger partial charge < -0.3 is 19.9 Å². The van der Waals surface area contributed by atoms with E-state index in [2.05, 4.69) is 6.92 Å². The summed E-state index contributed by atoms with van der Waals surface area (Å²) >= 11 is 0. The summed E-state index contributed by atoms with van der Waals surface area (Å²) in [5.41, 5.74) is 4.61. The number of carbonyl (C=O) groups is 1. The molecule has 5 nitrogen and oxygen atoms in total. The monoisotopic (exact) mass is 283 g/mol. The lowest BCUT2D eigenvalue weighted by Gasteiger charge is -2.16. The van der Waals surface area contributed by atoms with Crippen LogP contribution in [0.4, 0.5) is 0 Å². The fraction of sp³-hybridized carbons (Fsp3) is 0.917. The van der Waals surface area contributed by atoms with E-state index in [0.29, 0.717) is 19.8 Å². The molecule has 0 saturated carbocycles. The first kappa shape index (κ1) is 20.0. The van der Waals surface area contributed by atoms with Gasteiger partial charge in [-0.2, -0.15) is 0 Å². The standard InChI is InChI=1S/C12H25NO4.ClH/c1-4-5-6-15-7-8-16-9-10-17-11(14)12(2,3)13;/h4-10,13H2,1-3H3;1H. The third-order valence-electron chi connectivity index (χ3n) is 2.00. The van der Waals surface area contributed by atoms with Gasteiger partial charge in [0.05, 0.1) is 19.8 Å². The molecule has 0 unspecified atom stereocenters. The number of hydrogen-bond donors (Lipinski definition) is 1. The van der Waals surface area contributed by atoms with E-state index in [0.717, 1.165) is 19.4 Å². The molecule has 0 bridgehead atoms. The van der Waals surface area contributed by atoms with Gasteiger partial charge >= 0.3 is 5.97 Å². The van der Waals surface area contributed by atoms with E-state index < -0.39 is 11.5 Å². The minimum atomic E-state index is -0.941. The van der Waals surface area contributed by atoms with Crippen molar-refractivity contribution in [2.45, 2.75) is 39.2 Å². The van der Waals surface area contributed by atoms with Crippen LogP contribution in [0.1, 0.15) is 33.6 Å². The zero-order chi connectivity index (χ0) is 13.1. The second-order valence-electron chi connectivity index (χ2n) is 4.44. The number of hydrogen-bond acceptors (Lipinski definition) is 5. The Hall–Kier alpha value is -0.360. The van der Waals surface area contributed by atoms with Gasteiger partial charge in [0.1, 0.15) is 12.1 Å². The van der Waals surface area contributed by atoms with Crippen molar-refractivity contribution in [3.05, 3.63) is 0 Å². The maximum absolute atomic E-state index is 11.2. The highest BCUT2D eigenvalue weighted by atomic mass is 35.5. The number of halogens is 1. The van der Waals surface area contributed by atoms with Crippen LogP contribution >= 0.6 is 12.4 Å². The summed E-state index contributed by atoms with van der Waals surface area (Å²) in [5, 5.41) is 0. The second-order valence-corrected chi connectivity index (χ2v) is 4.44. The summed E-state index contributed by atoms with van der Waals surface area (Å²) in [6.07, 6.45) is 2.20. The van der Waals surface area contributed by atoms with Crippen LogP contribution in [0.2, 0.25) is 0 Å². The minimum Gasteiger partial charge on any atom is -0.462 e. The van der Waals surface area contributed by atoms with E-state index >= 15 is 0 Å². The average molecular weight is 284 g/mol. The predicted molar refractivity (Wildman–Crippen MR) is 73.0 cm³/mol. The maximum Gasteiger partial charge on any atom is 0.325 e. The third kappa shape index (κ3) is 12.1. The molecule has 0 heterocycles. The zero-order valence-electron chi connectivity index (χ0n) is 11.6. The molecule has 6 heteroatoms. The van der Waals surface area contributed by atoms with E-state index in [1.54, 1.807) is 13.8 Å². The van der Waals surface area contributed by atoms with Crippen molar-refractivity contribution in [1.29, 1.82) is 0 Å². The summed E-state index contributed by atoms with van der Waals surface area (Å²) in [4.78, 5) is 11.2. The minimum absolute atomic E-state index is 0. The van der Waals surface area contributed by atoms with Crippen LogP contribution in [0.25, 0.3) is 0 Å². The molecule has 0 rings (SSSR count). The molecule has 2 N–H and O–H groups in total. The third-order valence-corrected chi connectivity index (χ3v) is 2.00. The van der Waals surface area contributed by atoms with Gasteiger partial charge in [0.15, 0.2) is 0 Å². The Kier molecular flexibility index (Phi) is 13.0. The summed E-state index contributed by atoms with van der Waals surface area (Å²) < 4.78 is 15.5. The van der Waals surface area contributed by atoms with Gasteiger partial charge in [-0.1, -0.05) is 13.3 Å². The van der Waals surface area contributed by atoms with Gasteiger partial charge in [0, 0.05) is 6.61 Å². The molecule has 0 amide bonds. The lowest BCUT2D eigenvalue weighted by molar-refractivity contribution is -0.150. The van der Waals surface area contributed by atoms with E-state index in [9.17, 15) is 4.79 Å². The van der Waals surface area contributed by atoms with E-state index in [-0.39, 0.29) is 19.0 Å². The Bertz CT molecular complexity index is 207. The van der Waals surface area contributed by atoms with Gasteiger partial charge in [-0.15, -0.1) is 12.4 Å². The average Bonchev–Trinajstić information content (AvgIpc) is 2.25. The lowest BCUT2D eigenvalue weighted by Crippen LogP contribution is -2.43. The largest absolute Gasteiger partial charge is 0.462 e. The zero-order valence-corrected chi connectivity index (χ0v) is 12.4. The lowest BCUT2D eigenvalue weighted by atomic mass is 10.1. The van der Waals surface area contributed by atoms with Crippen LogP contribution in [0.15, 0.2) is 0 Å². The van der Waals surface area contributed by atoms with Crippen molar-refractivity contribution in [2.24, 2.45) is 5.73 Å². The van der Waals surface area contributed by atoms with E-state index in [4.69, 9.17) is 19.9 Å². The SMILES string of the molecule is CCCCOCCOCCOC(=O)C(C)(C)N.Cl. The fourth-order valence-corrected chi connectivity index (χ4v) is 0.948. The molecule has 0 spiro atoms. The Morgan fingerprint density at radius 3 is 2.06 bits per heavy atom. The normalized spacial score (nSPS) is 10.9. The van der Waals surface area contributed by atoms with E-state index in [1.807, 2.05) is 0 Å². The van der Waals surface area contributed by atoms with Crippen molar-refractivity contribution in [3.8, 4) is 0 Å². The fourth-order valence-electron chi connectivity index (χ4n) is 0.948. The molecule has 0 aliphatic carbocycles. The highest BCUT2D eigenvalue weighted by Gasteiger charge is 2.23. The van der Waals surface area contributed by atoms with Crippen LogP contribution in [-0.2, 0) is 19.0 Å². The topological polar surface area (TPSA) is 70.8 Å². The quantitative estimate of drug-likeness (QED) is 0.486. The van der Waals surface area contributed by atoms with Crippen LogP contribution in [-0.4, -0.2) is 44.5 Å². The summed E-state index contributed by atoms with van der Waals surface area (Å²) in [5.74, 6) is -0.416. The Morgan fingerprint density at radius 2 is 1.56 bits per heavy atom. The summed E-state index contributed by atoms with van der Waals surface area (Å²) in [7, 11) is 0. The number of unbranched alkanes of at least 4 members (excludes halogenated alkanes) is 1. The number of ether oxygens (including phenoxy) is 3.